The van der Waals surface area contributed by atoms with Crippen molar-refractivity contribution in [1.29, 1.82) is 0 Å². The Kier molecular flexibility index (Phi) is 9.19. The van der Waals surface area contributed by atoms with Crippen LogP contribution in [-0.4, -0.2) is 44.8 Å². The maximum absolute atomic E-state index is 13.1. The Labute approximate surface area is 239 Å². The minimum Gasteiger partial charge on any atom is -0.497 e. The van der Waals surface area contributed by atoms with Gasteiger partial charge in [0.25, 0.3) is 0 Å². The van der Waals surface area contributed by atoms with E-state index >= 15 is 0 Å². The zero-order chi connectivity index (χ0) is 29.7. The minimum atomic E-state index is -4.85. The molecule has 0 atom stereocenters. The molecule has 0 saturated heterocycles. The largest absolute Gasteiger partial charge is 0.573 e. The molecule has 0 aliphatic heterocycles. The van der Waals surface area contributed by atoms with E-state index in [-0.39, 0.29) is 18.9 Å². The predicted octanol–water partition coefficient (Wildman–Crippen LogP) is 6.21. The first kappa shape index (κ1) is 29.9. The molecule has 0 unspecified atom stereocenters. The van der Waals surface area contributed by atoms with Gasteiger partial charge >= 0.3 is 12.3 Å². The number of nitrogens with zero attached hydrogens (tertiary/aromatic N) is 1. The standard InChI is InChI=1S/C29H28ClF3N2O6/c1-17-24(12-18-5-6-20(37-3)14-27(18)41-34-2)23-9-7-22(40-29(31,32)33)13-26(23)35(17)15-19-11-21(8-10-25(19)30)39-16-28(36)38-4/h5-11,13-14,34H,12,15-16H2,1-4H3. The molecule has 8 nitrogen and oxygen atoms in total. The average Bonchev–Trinajstić information content (AvgIpc) is 3.18. The van der Waals surface area contributed by atoms with Crippen LogP contribution in [0.3, 0.4) is 0 Å². The van der Waals surface area contributed by atoms with Gasteiger partial charge in [-0.2, -0.15) is 5.48 Å². The van der Waals surface area contributed by atoms with Gasteiger partial charge in [-0.15, -0.1) is 13.2 Å². The number of esters is 1. The molecule has 218 valence electrons. The highest BCUT2D eigenvalue weighted by Gasteiger charge is 2.31. The quantitative estimate of drug-likeness (QED) is 0.164. The Balaban J connectivity index is 1.80. The number of hydroxylamine groups is 1. The van der Waals surface area contributed by atoms with Crippen molar-refractivity contribution in [3.8, 4) is 23.0 Å². The molecule has 3 aromatic carbocycles. The minimum absolute atomic E-state index is 0.203. The molecule has 4 rings (SSSR count). The van der Waals surface area contributed by atoms with Gasteiger partial charge in [0.15, 0.2) is 12.4 Å². The normalized spacial score (nSPS) is 11.4. The molecule has 12 heteroatoms. The maximum Gasteiger partial charge on any atom is 0.573 e. The third-order valence-electron chi connectivity index (χ3n) is 6.44. The summed E-state index contributed by atoms with van der Waals surface area (Å²) in [5.41, 5.74) is 6.32. The molecular formula is C29H28ClF3N2O6. The number of hydrogen-bond acceptors (Lipinski definition) is 7. The number of aromatic nitrogens is 1. The monoisotopic (exact) mass is 592 g/mol. The molecule has 0 radical (unpaired) electrons. The lowest BCUT2D eigenvalue weighted by Gasteiger charge is -2.14. The summed E-state index contributed by atoms with van der Waals surface area (Å²) in [4.78, 5) is 17.1. The first-order valence-corrected chi connectivity index (χ1v) is 12.8. The Hall–Kier alpha value is -4.09. The number of ether oxygens (including phenoxy) is 4. The Morgan fingerprint density at radius 1 is 0.976 bits per heavy atom. The van der Waals surface area contributed by atoms with E-state index in [2.05, 4.69) is 15.0 Å². The lowest BCUT2D eigenvalue weighted by atomic mass is 10.0. The van der Waals surface area contributed by atoms with E-state index in [0.717, 1.165) is 22.2 Å². The second kappa shape index (κ2) is 12.6. The van der Waals surface area contributed by atoms with E-state index in [1.165, 1.54) is 19.2 Å². The van der Waals surface area contributed by atoms with Crippen molar-refractivity contribution < 1.29 is 41.8 Å². The lowest BCUT2D eigenvalue weighted by molar-refractivity contribution is -0.274. The fourth-order valence-electron chi connectivity index (χ4n) is 4.49. The number of hydrogen-bond donors (Lipinski definition) is 1. The number of nitrogens with one attached hydrogen (secondary N) is 1. The molecule has 0 bridgehead atoms. The van der Waals surface area contributed by atoms with Crippen molar-refractivity contribution in [3.63, 3.8) is 0 Å². The molecule has 4 aromatic rings. The molecule has 41 heavy (non-hydrogen) atoms. The van der Waals surface area contributed by atoms with Crippen molar-refractivity contribution in [1.82, 2.24) is 10.0 Å². The van der Waals surface area contributed by atoms with E-state index in [4.69, 9.17) is 25.9 Å². The van der Waals surface area contributed by atoms with Gasteiger partial charge in [0.1, 0.15) is 17.2 Å². The summed E-state index contributed by atoms with van der Waals surface area (Å²) in [6, 6.07) is 14.6. The number of benzene rings is 3. The van der Waals surface area contributed by atoms with Crippen molar-refractivity contribution >= 4 is 28.5 Å². The van der Waals surface area contributed by atoms with Crippen LogP contribution in [-0.2, 0) is 22.5 Å². The van der Waals surface area contributed by atoms with E-state index in [1.807, 2.05) is 17.6 Å². The van der Waals surface area contributed by atoms with Gasteiger partial charge in [-0.3, -0.25) is 0 Å². The summed E-state index contributed by atoms with van der Waals surface area (Å²) in [5.74, 6) is 0.645. The van der Waals surface area contributed by atoms with E-state index in [1.54, 1.807) is 50.6 Å². The topological polar surface area (TPSA) is 80.2 Å². The molecular weight excluding hydrogens is 565 g/mol. The summed E-state index contributed by atoms with van der Waals surface area (Å²) in [6.45, 7) is 1.80. The molecule has 0 aliphatic carbocycles. The molecule has 0 fully saturated rings. The number of carbonyl (C=O) groups is 1. The van der Waals surface area contributed by atoms with Crippen LogP contribution in [0.1, 0.15) is 22.4 Å². The predicted molar refractivity (Wildman–Crippen MR) is 147 cm³/mol. The third-order valence-corrected chi connectivity index (χ3v) is 6.81. The average molecular weight is 593 g/mol. The van der Waals surface area contributed by atoms with Gasteiger partial charge in [-0.05, 0) is 54.4 Å². The van der Waals surface area contributed by atoms with Gasteiger partial charge in [0, 0.05) is 53.8 Å². The summed E-state index contributed by atoms with van der Waals surface area (Å²) in [7, 11) is 4.44. The zero-order valence-electron chi connectivity index (χ0n) is 22.7. The first-order valence-electron chi connectivity index (χ1n) is 12.4. The van der Waals surface area contributed by atoms with Crippen molar-refractivity contribution in [2.75, 3.05) is 27.9 Å². The summed E-state index contributed by atoms with van der Waals surface area (Å²) >= 11 is 6.51. The number of halogens is 4. The Morgan fingerprint density at radius 3 is 2.39 bits per heavy atom. The van der Waals surface area contributed by atoms with Crippen molar-refractivity contribution in [2.45, 2.75) is 26.3 Å². The highest BCUT2D eigenvalue weighted by molar-refractivity contribution is 6.31. The van der Waals surface area contributed by atoms with E-state index < -0.39 is 12.3 Å². The number of carbonyl (C=O) groups excluding carboxylic acids is 1. The number of fused-ring (bicyclic) bond motifs is 1. The third kappa shape index (κ3) is 7.17. The van der Waals surface area contributed by atoms with Gasteiger partial charge in [0.2, 0.25) is 0 Å². The molecule has 1 heterocycles. The second-order valence-electron chi connectivity index (χ2n) is 8.95. The number of rotatable bonds is 11. The summed E-state index contributed by atoms with van der Waals surface area (Å²) in [5, 5.41) is 1.15. The molecule has 1 aromatic heterocycles. The highest BCUT2D eigenvalue weighted by Crippen LogP contribution is 2.36. The maximum atomic E-state index is 13.1. The fraction of sp³-hybridized carbons (Fsp3) is 0.276. The summed E-state index contributed by atoms with van der Waals surface area (Å²) < 4.78 is 60.7. The lowest BCUT2D eigenvalue weighted by Crippen LogP contribution is -2.17. The van der Waals surface area contributed by atoms with Crippen LogP contribution in [0.25, 0.3) is 10.9 Å². The van der Waals surface area contributed by atoms with Crippen LogP contribution >= 0.6 is 11.6 Å². The van der Waals surface area contributed by atoms with E-state index in [0.29, 0.717) is 39.8 Å². The zero-order valence-corrected chi connectivity index (χ0v) is 23.5. The molecule has 0 amide bonds. The fourth-order valence-corrected chi connectivity index (χ4v) is 4.67. The summed E-state index contributed by atoms with van der Waals surface area (Å²) in [6.07, 6.45) is -4.44. The highest BCUT2D eigenvalue weighted by atomic mass is 35.5. The molecule has 0 saturated carbocycles. The molecule has 0 spiro atoms. The van der Waals surface area contributed by atoms with Crippen LogP contribution < -0.4 is 24.5 Å². The van der Waals surface area contributed by atoms with Gasteiger partial charge in [-0.1, -0.05) is 17.7 Å². The van der Waals surface area contributed by atoms with Crippen molar-refractivity contribution in [3.05, 3.63) is 82.0 Å². The van der Waals surface area contributed by atoms with Crippen molar-refractivity contribution in [2.24, 2.45) is 0 Å². The van der Waals surface area contributed by atoms with Gasteiger partial charge in [-0.25, -0.2) is 4.79 Å². The van der Waals surface area contributed by atoms with Crippen LogP contribution in [0.5, 0.6) is 23.0 Å². The van der Waals surface area contributed by atoms with E-state index in [9.17, 15) is 18.0 Å². The Morgan fingerprint density at radius 2 is 1.71 bits per heavy atom. The van der Waals surface area contributed by atoms with Crippen LogP contribution in [0.4, 0.5) is 13.2 Å². The number of alkyl halides is 3. The molecule has 1 N–H and O–H groups in total. The number of methoxy groups -OCH3 is 2. The first-order chi connectivity index (χ1) is 19.5. The Bertz CT molecular complexity index is 1550. The second-order valence-corrected chi connectivity index (χ2v) is 9.36. The van der Waals surface area contributed by atoms with Crippen LogP contribution in [0.2, 0.25) is 5.02 Å². The van der Waals surface area contributed by atoms with Crippen LogP contribution in [0, 0.1) is 6.92 Å². The molecule has 0 aliphatic rings. The van der Waals surface area contributed by atoms with Crippen LogP contribution in [0.15, 0.2) is 54.6 Å². The van der Waals surface area contributed by atoms with Gasteiger partial charge < -0.3 is 28.4 Å². The smallest absolute Gasteiger partial charge is 0.497 e. The SMILES string of the molecule is CNOc1cc(OC)ccc1Cc1c(C)n(Cc2cc(OCC(=O)OC)ccc2Cl)c2cc(OC(F)(F)F)ccc12. The van der Waals surface area contributed by atoms with Gasteiger partial charge in [0.05, 0.1) is 19.7 Å².